The fourth-order valence-corrected chi connectivity index (χ4v) is 1.73. The van der Waals surface area contributed by atoms with Crippen LogP contribution in [0.2, 0.25) is 0 Å². The topological polar surface area (TPSA) is 55.8 Å². The number of benzene rings is 1. The molecule has 0 saturated carbocycles. The molecule has 0 radical (unpaired) electrons. The molecule has 0 amide bonds. The zero-order valence-corrected chi connectivity index (χ0v) is 13.6. The normalized spacial score (nSPS) is 9.76. The predicted molar refractivity (Wildman–Crippen MR) is 84.6 cm³/mol. The fraction of sp³-hybridized carbons (Fsp3) is 0.588. The lowest BCUT2D eigenvalue weighted by Gasteiger charge is -2.03. The van der Waals surface area contributed by atoms with Crippen LogP contribution < -0.4 is 4.74 Å². The third-order valence-corrected chi connectivity index (χ3v) is 2.98. The van der Waals surface area contributed by atoms with Gasteiger partial charge < -0.3 is 14.6 Å². The largest absolute Gasteiger partial charge is 0.504 e. The molecule has 4 heteroatoms. The van der Waals surface area contributed by atoms with E-state index in [9.17, 15) is 4.79 Å². The highest BCUT2D eigenvalue weighted by Gasteiger charge is 1.99. The molecule has 21 heavy (non-hydrogen) atoms. The Morgan fingerprint density at radius 3 is 2.29 bits per heavy atom. The molecule has 120 valence electrons. The van der Waals surface area contributed by atoms with Gasteiger partial charge in [0.05, 0.1) is 14.2 Å². The van der Waals surface area contributed by atoms with Gasteiger partial charge >= 0.3 is 5.97 Å². The Kier molecular flexibility index (Phi) is 11.1. The molecule has 0 atom stereocenters. The predicted octanol–water partition coefficient (Wildman–Crippen LogP) is 4.17. The van der Waals surface area contributed by atoms with Crippen molar-refractivity contribution in [2.24, 2.45) is 5.92 Å². The third kappa shape index (κ3) is 10.7. The smallest absolute Gasteiger partial charge is 0.305 e. The zero-order chi connectivity index (χ0) is 16.1. The van der Waals surface area contributed by atoms with Crippen molar-refractivity contribution in [2.75, 3.05) is 14.2 Å². The summed E-state index contributed by atoms with van der Waals surface area (Å²) in [4.78, 5) is 10.7. The van der Waals surface area contributed by atoms with Gasteiger partial charge in [0.15, 0.2) is 11.5 Å². The van der Waals surface area contributed by atoms with Crippen molar-refractivity contribution < 1.29 is 19.4 Å². The zero-order valence-electron chi connectivity index (χ0n) is 13.6. The van der Waals surface area contributed by atoms with Gasteiger partial charge in [-0.15, -0.1) is 0 Å². The van der Waals surface area contributed by atoms with Crippen LogP contribution in [0, 0.1) is 5.92 Å². The highest BCUT2D eigenvalue weighted by Crippen LogP contribution is 2.23. The minimum atomic E-state index is -0.0838. The minimum absolute atomic E-state index is 0.0838. The fourth-order valence-electron chi connectivity index (χ4n) is 1.73. The number of carbonyl (C=O) groups excluding carboxylic acids is 1. The van der Waals surface area contributed by atoms with Gasteiger partial charge in [-0.1, -0.05) is 45.2 Å². The van der Waals surface area contributed by atoms with Crippen LogP contribution in [0.25, 0.3) is 0 Å². The molecular weight excluding hydrogens is 268 g/mol. The van der Waals surface area contributed by atoms with Crippen LogP contribution in [-0.4, -0.2) is 25.3 Å². The van der Waals surface area contributed by atoms with E-state index in [1.807, 2.05) is 0 Å². The molecule has 0 aliphatic rings. The number of aromatic hydroxyl groups is 1. The van der Waals surface area contributed by atoms with Gasteiger partial charge in [0.1, 0.15) is 0 Å². The van der Waals surface area contributed by atoms with Gasteiger partial charge in [-0.2, -0.15) is 0 Å². The maximum absolute atomic E-state index is 10.7. The van der Waals surface area contributed by atoms with Gasteiger partial charge in [0.2, 0.25) is 0 Å². The highest BCUT2D eigenvalue weighted by molar-refractivity contribution is 5.68. The molecule has 0 unspecified atom stereocenters. The van der Waals surface area contributed by atoms with E-state index >= 15 is 0 Å². The Morgan fingerprint density at radius 1 is 1.14 bits per heavy atom. The lowest BCUT2D eigenvalue weighted by molar-refractivity contribution is -0.140. The lowest BCUT2D eigenvalue weighted by atomic mass is 10.0. The van der Waals surface area contributed by atoms with E-state index in [1.54, 1.807) is 24.3 Å². The number of hydrogen-bond donors (Lipinski definition) is 1. The molecule has 0 spiro atoms. The van der Waals surface area contributed by atoms with E-state index in [4.69, 9.17) is 9.84 Å². The Morgan fingerprint density at radius 2 is 1.81 bits per heavy atom. The maximum Gasteiger partial charge on any atom is 0.305 e. The van der Waals surface area contributed by atoms with E-state index in [2.05, 4.69) is 18.6 Å². The summed E-state index contributed by atoms with van der Waals surface area (Å²) in [6, 6.07) is 6.84. The molecule has 1 aromatic carbocycles. The Hall–Kier alpha value is -1.71. The maximum atomic E-state index is 10.7. The van der Waals surface area contributed by atoms with Crippen LogP contribution >= 0.6 is 0 Å². The second-order valence-corrected chi connectivity index (χ2v) is 5.24. The molecule has 1 N–H and O–H groups in total. The molecule has 0 aromatic heterocycles. The van der Waals surface area contributed by atoms with E-state index in [-0.39, 0.29) is 11.7 Å². The van der Waals surface area contributed by atoms with Crippen molar-refractivity contribution in [3.8, 4) is 11.5 Å². The molecule has 0 aliphatic heterocycles. The number of para-hydroxylation sites is 2. The number of rotatable bonds is 7. The molecule has 0 bridgehead atoms. The molecule has 0 heterocycles. The van der Waals surface area contributed by atoms with Crippen LogP contribution in [0.3, 0.4) is 0 Å². The lowest BCUT2D eigenvalue weighted by Crippen LogP contribution is -1.99. The van der Waals surface area contributed by atoms with Crippen LogP contribution in [0.15, 0.2) is 24.3 Å². The van der Waals surface area contributed by atoms with Gasteiger partial charge in [0, 0.05) is 6.42 Å². The SMILES string of the molecule is COC(=O)CCCCCC(C)C.COc1ccccc1O. The molecule has 0 aliphatic carbocycles. The second kappa shape index (κ2) is 12.1. The van der Waals surface area contributed by atoms with Crippen LogP contribution in [-0.2, 0) is 9.53 Å². The summed E-state index contributed by atoms with van der Waals surface area (Å²) in [7, 11) is 2.96. The minimum Gasteiger partial charge on any atom is -0.504 e. The summed E-state index contributed by atoms with van der Waals surface area (Å²) in [6.07, 6.45) is 5.19. The number of methoxy groups -OCH3 is 2. The summed E-state index contributed by atoms with van der Waals surface area (Å²) >= 11 is 0. The van der Waals surface area contributed by atoms with Gasteiger partial charge in [-0.3, -0.25) is 4.79 Å². The Labute approximate surface area is 128 Å². The van der Waals surface area contributed by atoms with Crippen LogP contribution in [0.1, 0.15) is 46.0 Å². The molecule has 0 saturated heterocycles. The molecular formula is C17H28O4. The first-order valence-corrected chi connectivity index (χ1v) is 7.40. The second-order valence-electron chi connectivity index (χ2n) is 5.24. The third-order valence-electron chi connectivity index (χ3n) is 2.98. The Bertz CT molecular complexity index is 388. The molecule has 0 fully saturated rings. The molecule has 4 nitrogen and oxygen atoms in total. The first kappa shape index (κ1) is 19.3. The van der Waals surface area contributed by atoms with Crippen molar-refractivity contribution in [2.45, 2.75) is 46.0 Å². The van der Waals surface area contributed by atoms with E-state index in [0.29, 0.717) is 12.2 Å². The number of hydrogen-bond acceptors (Lipinski definition) is 4. The van der Waals surface area contributed by atoms with Gasteiger partial charge in [-0.05, 0) is 24.5 Å². The number of esters is 1. The summed E-state index contributed by atoms with van der Waals surface area (Å²) in [5.74, 6) is 1.39. The summed E-state index contributed by atoms with van der Waals surface area (Å²) in [5.41, 5.74) is 0. The summed E-state index contributed by atoms with van der Waals surface area (Å²) in [5, 5.41) is 8.99. The van der Waals surface area contributed by atoms with Crippen LogP contribution in [0.4, 0.5) is 0 Å². The van der Waals surface area contributed by atoms with Crippen molar-refractivity contribution in [3.63, 3.8) is 0 Å². The van der Waals surface area contributed by atoms with Gasteiger partial charge in [-0.25, -0.2) is 0 Å². The molecule has 1 aromatic rings. The first-order chi connectivity index (χ1) is 10.0. The average Bonchev–Trinajstić information content (AvgIpc) is 2.47. The summed E-state index contributed by atoms with van der Waals surface area (Å²) in [6.45, 7) is 4.45. The highest BCUT2D eigenvalue weighted by atomic mass is 16.5. The van der Waals surface area contributed by atoms with Crippen molar-refractivity contribution >= 4 is 5.97 Å². The molecule has 1 rings (SSSR count). The Balaban J connectivity index is 0.000000394. The van der Waals surface area contributed by atoms with Gasteiger partial charge in [0.25, 0.3) is 0 Å². The van der Waals surface area contributed by atoms with Crippen molar-refractivity contribution in [1.82, 2.24) is 0 Å². The number of phenols is 1. The number of phenolic OH excluding ortho intramolecular Hbond substituents is 1. The van der Waals surface area contributed by atoms with Crippen molar-refractivity contribution in [1.29, 1.82) is 0 Å². The standard InChI is InChI=1S/C10H20O2.C7H8O2/c1-9(2)7-5-4-6-8-10(11)12-3;1-9-7-5-3-2-4-6(7)8/h9H,4-8H2,1-3H3;2-5,8H,1H3. The average molecular weight is 296 g/mol. The first-order valence-electron chi connectivity index (χ1n) is 7.40. The summed E-state index contributed by atoms with van der Waals surface area (Å²) < 4.78 is 9.33. The number of ether oxygens (including phenoxy) is 2. The number of carbonyl (C=O) groups is 1. The van der Waals surface area contributed by atoms with E-state index < -0.39 is 0 Å². The van der Waals surface area contributed by atoms with E-state index in [1.165, 1.54) is 27.1 Å². The monoisotopic (exact) mass is 296 g/mol. The van der Waals surface area contributed by atoms with Crippen molar-refractivity contribution in [3.05, 3.63) is 24.3 Å². The van der Waals surface area contributed by atoms with E-state index in [0.717, 1.165) is 18.8 Å². The number of unbranched alkanes of at least 4 members (excludes halogenated alkanes) is 2. The van der Waals surface area contributed by atoms with Crippen LogP contribution in [0.5, 0.6) is 11.5 Å². The quantitative estimate of drug-likeness (QED) is 0.606.